The molecule has 1 unspecified atom stereocenters. The van der Waals surface area contributed by atoms with Gasteiger partial charge in [-0.3, -0.25) is 0 Å². The van der Waals surface area contributed by atoms with Gasteiger partial charge >= 0.3 is 0 Å². The fourth-order valence-electron chi connectivity index (χ4n) is 3.50. The quantitative estimate of drug-likeness (QED) is 0.695. The summed E-state index contributed by atoms with van der Waals surface area (Å²) in [6.45, 7) is 6.86. The summed E-state index contributed by atoms with van der Waals surface area (Å²) in [5, 5.41) is 3.52. The van der Waals surface area contributed by atoms with E-state index in [1.165, 1.54) is 64.3 Å². The Bertz CT molecular complexity index is 233. The second-order valence-corrected chi connectivity index (χ2v) is 6.76. The predicted molar refractivity (Wildman–Crippen MR) is 76.9 cm³/mol. The van der Waals surface area contributed by atoms with Gasteiger partial charge in [-0.25, -0.2) is 0 Å². The largest absolute Gasteiger partial charge is 0.372 e. The van der Waals surface area contributed by atoms with Gasteiger partial charge in [-0.05, 0) is 64.0 Å². The minimum absolute atomic E-state index is 0.334. The van der Waals surface area contributed by atoms with Gasteiger partial charge in [-0.1, -0.05) is 26.7 Å². The van der Waals surface area contributed by atoms with E-state index < -0.39 is 0 Å². The molecule has 106 valence electrons. The van der Waals surface area contributed by atoms with Crippen LogP contribution in [0.5, 0.6) is 0 Å². The van der Waals surface area contributed by atoms with Crippen LogP contribution >= 0.6 is 0 Å². The van der Waals surface area contributed by atoms with Crippen molar-refractivity contribution in [3.63, 3.8) is 0 Å². The van der Waals surface area contributed by atoms with Gasteiger partial charge in [-0.2, -0.15) is 0 Å². The summed E-state index contributed by atoms with van der Waals surface area (Å²) in [6.07, 6.45) is 12.6. The molecular weight excluding hydrogens is 222 g/mol. The van der Waals surface area contributed by atoms with Crippen molar-refractivity contribution in [3.8, 4) is 0 Å². The lowest BCUT2D eigenvalue weighted by atomic mass is 9.98. The molecule has 1 saturated heterocycles. The topological polar surface area (TPSA) is 21.3 Å². The number of rotatable bonds is 7. The van der Waals surface area contributed by atoms with E-state index in [2.05, 4.69) is 19.2 Å². The van der Waals surface area contributed by atoms with Crippen LogP contribution in [-0.2, 0) is 4.74 Å². The van der Waals surface area contributed by atoms with E-state index in [4.69, 9.17) is 4.74 Å². The molecule has 1 saturated carbocycles. The SMILES string of the molecule is CC(C)CNCCCCC1CCC2(CCCC2)O1. The van der Waals surface area contributed by atoms with Gasteiger partial charge in [0, 0.05) is 0 Å². The standard InChI is InChI=1S/C16H31NO/c1-14(2)13-17-12-6-3-7-15-8-11-16(18-15)9-4-5-10-16/h14-15,17H,3-13H2,1-2H3. The first-order chi connectivity index (χ1) is 8.70. The molecule has 2 rings (SSSR count). The van der Waals surface area contributed by atoms with E-state index in [1.807, 2.05) is 0 Å². The minimum atomic E-state index is 0.334. The zero-order valence-electron chi connectivity index (χ0n) is 12.3. The fraction of sp³-hybridized carbons (Fsp3) is 1.00. The number of unbranched alkanes of at least 4 members (excludes halogenated alkanes) is 1. The summed E-state index contributed by atoms with van der Waals surface area (Å²) >= 11 is 0. The Labute approximate surface area is 113 Å². The molecule has 0 aromatic heterocycles. The van der Waals surface area contributed by atoms with Gasteiger partial charge in [0.15, 0.2) is 0 Å². The molecule has 18 heavy (non-hydrogen) atoms. The van der Waals surface area contributed by atoms with Crippen LogP contribution in [0, 0.1) is 5.92 Å². The molecule has 2 nitrogen and oxygen atoms in total. The number of hydrogen-bond acceptors (Lipinski definition) is 2. The van der Waals surface area contributed by atoms with E-state index in [1.54, 1.807) is 0 Å². The Kier molecular flexibility index (Phi) is 5.50. The molecule has 1 heterocycles. The van der Waals surface area contributed by atoms with Gasteiger partial charge in [-0.15, -0.1) is 0 Å². The maximum Gasteiger partial charge on any atom is 0.0687 e. The average molecular weight is 253 g/mol. The van der Waals surface area contributed by atoms with E-state index in [0.717, 1.165) is 12.5 Å². The van der Waals surface area contributed by atoms with Crippen molar-refractivity contribution >= 4 is 0 Å². The summed E-state index contributed by atoms with van der Waals surface area (Å²) < 4.78 is 6.33. The zero-order valence-corrected chi connectivity index (χ0v) is 12.3. The van der Waals surface area contributed by atoms with Crippen molar-refractivity contribution in [1.82, 2.24) is 5.32 Å². The molecule has 1 atom stereocenters. The number of ether oxygens (including phenoxy) is 1. The maximum absolute atomic E-state index is 6.33. The summed E-state index contributed by atoms with van der Waals surface area (Å²) in [6, 6.07) is 0. The Morgan fingerprint density at radius 1 is 1.17 bits per heavy atom. The van der Waals surface area contributed by atoms with Gasteiger partial charge in [0.25, 0.3) is 0 Å². The molecule has 0 aromatic rings. The summed E-state index contributed by atoms with van der Waals surface area (Å²) in [4.78, 5) is 0. The van der Waals surface area contributed by atoms with Crippen LogP contribution < -0.4 is 5.32 Å². The molecule has 0 amide bonds. The molecule has 1 spiro atoms. The van der Waals surface area contributed by atoms with Crippen molar-refractivity contribution in [2.75, 3.05) is 13.1 Å². The smallest absolute Gasteiger partial charge is 0.0687 e. The van der Waals surface area contributed by atoms with Crippen LogP contribution in [0.25, 0.3) is 0 Å². The first-order valence-corrected chi connectivity index (χ1v) is 8.09. The third kappa shape index (κ3) is 4.24. The second-order valence-electron chi connectivity index (χ2n) is 6.76. The highest BCUT2D eigenvalue weighted by atomic mass is 16.5. The molecule has 1 aliphatic heterocycles. The number of hydrogen-bond donors (Lipinski definition) is 1. The lowest BCUT2D eigenvalue weighted by Gasteiger charge is -2.23. The van der Waals surface area contributed by atoms with Crippen molar-refractivity contribution < 1.29 is 4.74 Å². The Morgan fingerprint density at radius 3 is 2.67 bits per heavy atom. The molecule has 2 heteroatoms. The first kappa shape index (κ1) is 14.3. The molecule has 1 aliphatic carbocycles. The number of nitrogens with one attached hydrogen (secondary N) is 1. The van der Waals surface area contributed by atoms with Gasteiger partial charge in [0.1, 0.15) is 0 Å². The molecule has 0 radical (unpaired) electrons. The highest BCUT2D eigenvalue weighted by molar-refractivity contribution is 4.92. The Morgan fingerprint density at radius 2 is 1.94 bits per heavy atom. The lowest BCUT2D eigenvalue weighted by molar-refractivity contribution is -0.0394. The molecule has 1 N–H and O–H groups in total. The molecule has 0 aromatic carbocycles. The third-order valence-electron chi connectivity index (χ3n) is 4.54. The predicted octanol–water partition coefficient (Wildman–Crippen LogP) is 3.89. The summed E-state index contributed by atoms with van der Waals surface area (Å²) in [5.74, 6) is 0.769. The van der Waals surface area contributed by atoms with Crippen LogP contribution in [0.2, 0.25) is 0 Å². The van der Waals surface area contributed by atoms with Crippen LogP contribution in [0.15, 0.2) is 0 Å². The zero-order chi connectivity index (χ0) is 12.8. The van der Waals surface area contributed by atoms with Crippen molar-refractivity contribution in [2.24, 2.45) is 5.92 Å². The van der Waals surface area contributed by atoms with Crippen molar-refractivity contribution in [1.29, 1.82) is 0 Å². The molecular formula is C16H31NO. The second kappa shape index (κ2) is 6.91. The van der Waals surface area contributed by atoms with Crippen molar-refractivity contribution in [3.05, 3.63) is 0 Å². The van der Waals surface area contributed by atoms with Gasteiger partial charge < -0.3 is 10.1 Å². The minimum Gasteiger partial charge on any atom is -0.372 e. The molecule has 2 aliphatic rings. The monoisotopic (exact) mass is 253 g/mol. The van der Waals surface area contributed by atoms with Crippen LogP contribution in [-0.4, -0.2) is 24.8 Å². The van der Waals surface area contributed by atoms with Gasteiger partial charge in [0.05, 0.1) is 11.7 Å². The highest BCUT2D eigenvalue weighted by Crippen LogP contribution is 2.44. The van der Waals surface area contributed by atoms with Crippen molar-refractivity contribution in [2.45, 2.75) is 83.3 Å². The first-order valence-electron chi connectivity index (χ1n) is 8.09. The van der Waals surface area contributed by atoms with E-state index in [-0.39, 0.29) is 0 Å². The Balaban J connectivity index is 1.50. The van der Waals surface area contributed by atoms with Crippen LogP contribution in [0.4, 0.5) is 0 Å². The highest BCUT2D eigenvalue weighted by Gasteiger charge is 2.41. The van der Waals surface area contributed by atoms with E-state index in [0.29, 0.717) is 11.7 Å². The van der Waals surface area contributed by atoms with Crippen LogP contribution in [0.1, 0.15) is 71.6 Å². The Hall–Kier alpha value is -0.0800. The normalized spacial score (nSPS) is 26.5. The van der Waals surface area contributed by atoms with E-state index in [9.17, 15) is 0 Å². The third-order valence-corrected chi connectivity index (χ3v) is 4.54. The van der Waals surface area contributed by atoms with Crippen LogP contribution in [0.3, 0.4) is 0 Å². The van der Waals surface area contributed by atoms with E-state index >= 15 is 0 Å². The average Bonchev–Trinajstić information content (AvgIpc) is 2.95. The summed E-state index contributed by atoms with van der Waals surface area (Å²) in [5.41, 5.74) is 0.334. The lowest BCUT2D eigenvalue weighted by Crippen LogP contribution is -2.25. The van der Waals surface area contributed by atoms with Gasteiger partial charge in [0.2, 0.25) is 0 Å². The molecule has 2 fully saturated rings. The maximum atomic E-state index is 6.33. The summed E-state index contributed by atoms with van der Waals surface area (Å²) in [7, 11) is 0. The molecule has 0 bridgehead atoms. The fourth-order valence-corrected chi connectivity index (χ4v) is 3.50.